The van der Waals surface area contributed by atoms with Crippen molar-refractivity contribution in [3.63, 3.8) is 0 Å². The summed E-state index contributed by atoms with van der Waals surface area (Å²) in [5, 5.41) is 2.75. The van der Waals surface area contributed by atoms with E-state index in [-0.39, 0.29) is 11.7 Å². The first-order chi connectivity index (χ1) is 8.05. The van der Waals surface area contributed by atoms with Gasteiger partial charge < -0.3 is 11.1 Å². The molecule has 0 radical (unpaired) electrons. The number of Topliss-reactive ketones (excluding diaryl/α,β-unsaturated/α-hetero) is 1. The highest BCUT2D eigenvalue weighted by atomic mass is 16.2. The molecule has 3 N–H and O–H groups in total. The van der Waals surface area contributed by atoms with Crippen LogP contribution in [0.4, 0.5) is 0 Å². The number of carbonyl (C=O) groups excluding carboxylic acids is 2. The van der Waals surface area contributed by atoms with Crippen molar-refractivity contribution in [1.29, 1.82) is 0 Å². The zero-order chi connectivity index (χ0) is 12.5. The molecular weight excluding hydrogens is 216 g/mol. The summed E-state index contributed by atoms with van der Waals surface area (Å²) < 4.78 is 0. The maximum Gasteiger partial charge on any atom is 0.237 e. The lowest BCUT2D eigenvalue weighted by Gasteiger charge is -2.17. The monoisotopic (exact) mass is 232 g/mol. The molecule has 1 amide bonds. The molecule has 17 heavy (non-hydrogen) atoms. The van der Waals surface area contributed by atoms with E-state index in [1.807, 2.05) is 18.2 Å². The molecule has 0 saturated heterocycles. The van der Waals surface area contributed by atoms with Crippen molar-refractivity contribution in [3.8, 4) is 0 Å². The van der Waals surface area contributed by atoms with Gasteiger partial charge >= 0.3 is 0 Å². The van der Waals surface area contributed by atoms with Gasteiger partial charge in [0.25, 0.3) is 0 Å². The van der Waals surface area contributed by atoms with Crippen molar-refractivity contribution < 1.29 is 9.59 Å². The van der Waals surface area contributed by atoms with Gasteiger partial charge in [-0.2, -0.15) is 0 Å². The molecule has 2 rings (SSSR count). The second-order valence-corrected chi connectivity index (χ2v) is 4.56. The van der Waals surface area contributed by atoms with Crippen LogP contribution in [0.25, 0.3) is 0 Å². The minimum absolute atomic E-state index is 0.0212. The Morgan fingerprint density at radius 2 is 1.88 bits per heavy atom. The van der Waals surface area contributed by atoms with E-state index in [0.717, 1.165) is 0 Å². The average Bonchev–Trinajstić information content (AvgIpc) is 3.10. The van der Waals surface area contributed by atoms with Crippen LogP contribution in [0.1, 0.15) is 30.1 Å². The van der Waals surface area contributed by atoms with E-state index in [9.17, 15) is 9.59 Å². The van der Waals surface area contributed by atoms with Crippen molar-refractivity contribution in [1.82, 2.24) is 5.32 Å². The fourth-order valence-electron chi connectivity index (χ4n) is 1.75. The summed E-state index contributed by atoms with van der Waals surface area (Å²) in [4.78, 5) is 23.8. The van der Waals surface area contributed by atoms with E-state index < -0.39 is 11.6 Å². The number of nitrogens with two attached hydrogens (primary N) is 1. The molecule has 1 aromatic rings. The molecule has 0 unspecified atom stereocenters. The minimum Gasteiger partial charge on any atom is -0.342 e. The predicted molar refractivity (Wildman–Crippen MR) is 64.5 cm³/mol. The highest BCUT2D eigenvalue weighted by molar-refractivity contribution is 6.07. The first-order valence-electron chi connectivity index (χ1n) is 5.73. The number of hydrogen-bond acceptors (Lipinski definition) is 3. The Morgan fingerprint density at radius 3 is 2.35 bits per heavy atom. The van der Waals surface area contributed by atoms with Gasteiger partial charge in [-0.15, -0.1) is 0 Å². The van der Waals surface area contributed by atoms with Gasteiger partial charge in [0.1, 0.15) is 5.54 Å². The van der Waals surface area contributed by atoms with E-state index in [1.54, 1.807) is 19.1 Å². The zero-order valence-corrected chi connectivity index (χ0v) is 9.77. The molecule has 1 aliphatic carbocycles. The lowest BCUT2D eigenvalue weighted by atomic mass is 10.0. The van der Waals surface area contributed by atoms with Crippen LogP contribution in [0.5, 0.6) is 0 Å². The topological polar surface area (TPSA) is 72.2 Å². The quantitative estimate of drug-likeness (QED) is 0.756. The number of carbonyl (C=O) groups is 2. The minimum atomic E-state index is -0.702. The Bertz CT molecular complexity index is 436. The molecule has 1 fully saturated rings. The van der Waals surface area contributed by atoms with Crippen LogP contribution in [0.3, 0.4) is 0 Å². The molecule has 1 aromatic carbocycles. The summed E-state index contributed by atoms with van der Waals surface area (Å²) >= 11 is 0. The Morgan fingerprint density at radius 1 is 1.29 bits per heavy atom. The number of rotatable bonds is 4. The van der Waals surface area contributed by atoms with Crippen LogP contribution in [0.2, 0.25) is 0 Å². The highest BCUT2D eigenvalue weighted by Gasteiger charge is 2.51. The molecule has 0 aromatic heterocycles. The van der Waals surface area contributed by atoms with E-state index in [0.29, 0.717) is 18.4 Å². The van der Waals surface area contributed by atoms with Crippen molar-refractivity contribution >= 4 is 11.7 Å². The van der Waals surface area contributed by atoms with E-state index >= 15 is 0 Å². The maximum absolute atomic E-state index is 12.2. The van der Waals surface area contributed by atoms with Crippen LogP contribution in [-0.2, 0) is 4.79 Å². The summed E-state index contributed by atoms with van der Waals surface area (Å²) in [6, 6.07) is 8.43. The Kier molecular flexibility index (Phi) is 2.98. The van der Waals surface area contributed by atoms with E-state index in [2.05, 4.69) is 5.32 Å². The highest BCUT2D eigenvalue weighted by Crippen LogP contribution is 2.38. The molecule has 90 valence electrons. The van der Waals surface area contributed by atoms with Gasteiger partial charge in [-0.25, -0.2) is 0 Å². The smallest absolute Gasteiger partial charge is 0.237 e. The summed E-state index contributed by atoms with van der Waals surface area (Å²) in [7, 11) is 0. The van der Waals surface area contributed by atoms with Crippen molar-refractivity contribution in [2.75, 3.05) is 0 Å². The fourth-order valence-corrected chi connectivity index (χ4v) is 1.75. The van der Waals surface area contributed by atoms with E-state index in [1.165, 1.54) is 0 Å². The number of benzene rings is 1. The molecule has 4 nitrogen and oxygen atoms in total. The molecule has 0 spiro atoms. The number of ketones is 1. The molecule has 4 heteroatoms. The first-order valence-corrected chi connectivity index (χ1v) is 5.73. The van der Waals surface area contributed by atoms with Crippen LogP contribution in [-0.4, -0.2) is 23.3 Å². The van der Waals surface area contributed by atoms with Gasteiger partial charge in [0, 0.05) is 5.56 Å². The lowest BCUT2D eigenvalue weighted by Crippen LogP contribution is -2.49. The van der Waals surface area contributed by atoms with E-state index in [4.69, 9.17) is 5.73 Å². The van der Waals surface area contributed by atoms with Crippen molar-refractivity contribution in [3.05, 3.63) is 35.9 Å². The van der Waals surface area contributed by atoms with Gasteiger partial charge in [-0.1, -0.05) is 30.3 Å². The van der Waals surface area contributed by atoms with Crippen LogP contribution in [0, 0.1) is 0 Å². The molecule has 0 aliphatic heterocycles. The average molecular weight is 232 g/mol. The molecule has 1 saturated carbocycles. The van der Waals surface area contributed by atoms with Crippen molar-refractivity contribution in [2.45, 2.75) is 31.3 Å². The number of nitrogens with one attached hydrogen (secondary N) is 1. The zero-order valence-electron chi connectivity index (χ0n) is 9.77. The van der Waals surface area contributed by atoms with Gasteiger partial charge in [-0.3, -0.25) is 9.59 Å². The molecule has 1 atom stereocenters. The lowest BCUT2D eigenvalue weighted by molar-refractivity contribution is -0.122. The largest absolute Gasteiger partial charge is 0.342 e. The maximum atomic E-state index is 12.2. The number of hydrogen-bond donors (Lipinski definition) is 2. The van der Waals surface area contributed by atoms with Crippen LogP contribution >= 0.6 is 0 Å². The molecule has 0 heterocycles. The summed E-state index contributed by atoms with van der Waals surface area (Å²) in [6.45, 7) is 1.61. The normalized spacial score (nSPS) is 18.2. The Labute approximate surface area is 100 Å². The third kappa shape index (κ3) is 2.36. The van der Waals surface area contributed by atoms with Crippen molar-refractivity contribution in [2.24, 2.45) is 5.73 Å². The standard InChI is InChI=1S/C13H16N2O2/c1-9(14)12(17)15-13(7-8-13)11(16)10-5-3-2-4-6-10/h2-6,9H,7-8,14H2,1H3,(H,15,17)/t9-/m0/s1. The number of amides is 1. The SMILES string of the molecule is C[C@H](N)C(=O)NC1(C(=O)c2ccccc2)CC1. The fraction of sp³-hybridized carbons (Fsp3) is 0.385. The molecule has 1 aliphatic rings. The predicted octanol–water partition coefficient (Wildman–Crippen LogP) is 0.865. The van der Waals surface area contributed by atoms with Gasteiger partial charge in [-0.05, 0) is 19.8 Å². The second kappa shape index (κ2) is 4.30. The summed E-state index contributed by atoms with van der Waals surface area (Å²) in [5.74, 6) is -0.293. The van der Waals surface area contributed by atoms with Crippen LogP contribution in [0.15, 0.2) is 30.3 Å². The third-order valence-electron chi connectivity index (χ3n) is 3.00. The van der Waals surface area contributed by atoms with Gasteiger partial charge in [0.15, 0.2) is 5.78 Å². The van der Waals surface area contributed by atoms with Gasteiger partial charge in [0.05, 0.1) is 6.04 Å². The Hall–Kier alpha value is -1.68. The summed E-state index contributed by atoms with van der Waals surface area (Å²) in [5.41, 5.74) is 5.42. The summed E-state index contributed by atoms with van der Waals surface area (Å²) in [6.07, 6.45) is 1.39. The molecule has 0 bridgehead atoms. The second-order valence-electron chi connectivity index (χ2n) is 4.56. The first kappa shape index (κ1) is 11.8. The third-order valence-corrected chi connectivity index (χ3v) is 3.00. The van der Waals surface area contributed by atoms with Gasteiger partial charge in [0.2, 0.25) is 5.91 Å². The van der Waals surface area contributed by atoms with Crippen LogP contribution < -0.4 is 11.1 Å². The molecular formula is C13H16N2O2. The Balaban J connectivity index is 2.12.